The molecule has 194 valence electrons. The minimum atomic E-state index is -4.10. The molecule has 0 radical (unpaired) electrons. The van der Waals surface area contributed by atoms with Gasteiger partial charge in [-0.05, 0) is 44.0 Å². The van der Waals surface area contributed by atoms with Crippen molar-refractivity contribution >= 4 is 37.3 Å². The monoisotopic (exact) mass is 544 g/mol. The van der Waals surface area contributed by atoms with Gasteiger partial charge in [-0.1, -0.05) is 67.6 Å². The van der Waals surface area contributed by atoms with Gasteiger partial charge in [0, 0.05) is 6.04 Å². The van der Waals surface area contributed by atoms with Gasteiger partial charge in [0.15, 0.2) is 0 Å². The molecule has 1 aliphatic carbocycles. The van der Waals surface area contributed by atoms with Crippen molar-refractivity contribution in [3.05, 3.63) is 53.1 Å². The molecule has 2 aromatic rings. The van der Waals surface area contributed by atoms with E-state index in [1.165, 1.54) is 18.9 Å². The summed E-state index contributed by atoms with van der Waals surface area (Å²) in [5.74, 6) is 0.482. The van der Waals surface area contributed by atoms with Crippen LogP contribution in [0.15, 0.2) is 52.3 Å². The summed E-state index contributed by atoms with van der Waals surface area (Å²) in [6.45, 7) is 1.96. The molecule has 6 N–H and O–H groups in total. The van der Waals surface area contributed by atoms with E-state index in [0.29, 0.717) is 18.0 Å². The molecule has 0 spiro atoms. The maximum Gasteiger partial charge on any atom is 0.244 e. The first-order chi connectivity index (χ1) is 16.4. The second kappa shape index (κ2) is 11.5. The van der Waals surface area contributed by atoms with E-state index in [-0.39, 0.29) is 16.0 Å². The van der Waals surface area contributed by atoms with E-state index in [1.807, 2.05) is 44.3 Å². The van der Waals surface area contributed by atoms with Crippen LogP contribution in [0.1, 0.15) is 50.7 Å². The van der Waals surface area contributed by atoms with Crippen LogP contribution in [0.5, 0.6) is 0 Å². The van der Waals surface area contributed by atoms with Crippen molar-refractivity contribution in [3.8, 4) is 0 Å². The lowest BCUT2D eigenvalue weighted by Gasteiger charge is -2.30. The highest BCUT2D eigenvalue weighted by Crippen LogP contribution is 2.36. The van der Waals surface area contributed by atoms with Crippen LogP contribution in [0.2, 0.25) is 5.02 Å². The highest BCUT2D eigenvalue weighted by molar-refractivity contribution is 7.90. The minimum absolute atomic E-state index is 0.0902. The van der Waals surface area contributed by atoms with E-state index in [1.54, 1.807) is 0 Å². The molecule has 1 fully saturated rings. The molecule has 2 aromatic carbocycles. The summed E-state index contributed by atoms with van der Waals surface area (Å²) in [7, 11) is -6.08. The zero-order valence-electron chi connectivity index (χ0n) is 19.7. The van der Waals surface area contributed by atoms with Crippen LogP contribution >= 0.6 is 11.6 Å². The lowest BCUT2D eigenvalue weighted by atomic mass is 10.0. The largest absolute Gasteiger partial charge is 0.387 e. The van der Waals surface area contributed by atoms with Crippen molar-refractivity contribution in [1.29, 1.82) is 0 Å². The van der Waals surface area contributed by atoms with E-state index in [9.17, 15) is 21.9 Å². The Kier molecular flexibility index (Phi) is 9.19. The predicted molar refractivity (Wildman–Crippen MR) is 137 cm³/mol. The third kappa shape index (κ3) is 7.16. The van der Waals surface area contributed by atoms with Gasteiger partial charge >= 0.3 is 0 Å². The van der Waals surface area contributed by atoms with E-state index in [0.717, 1.165) is 24.5 Å². The molecule has 3 atom stereocenters. The first-order valence-corrected chi connectivity index (χ1v) is 14.9. The Morgan fingerprint density at radius 2 is 1.83 bits per heavy atom. The molecule has 1 saturated carbocycles. The zero-order valence-corrected chi connectivity index (χ0v) is 22.1. The SMILES string of the molecule is CN[C@@H](C)[C@H](O)c1ccccc1.NS(=O)(=O)c1cc2c(cc1Cl)NC(CC1CCCC1)NS2(=O)=O. The average molecular weight is 545 g/mol. The number of hydrogen-bond donors (Lipinski definition) is 5. The molecule has 4 rings (SSSR count). The maximum atomic E-state index is 12.4. The fraction of sp³-hybridized carbons (Fsp3) is 0.478. The Bertz CT molecular complexity index is 1220. The molecule has 12 heteroatoms. The molecule has 1 unspecified atom stereocenters. The van der Waals surface area contributed by atoms with Crippen LogP contribution in [0.4, 0.5) is 5.69 Å². The number of rotatable bonds is 6. The maximum absolute atomic E-state index is 12.4. The van der Waals surface area contributed by atoms with Gasteiger partial charge in [-0.2, -0.15) is 4.72 Å². The van der Waals surface area contributed by atoms with Crippen LogP contribution in [0.3, 0.4) is 0 Å². The van der Waals surface area contributed by atoms with Crippen LogP contribution in [0.25, 0.3) is 0 Å². The van der Waals surface area contributed by atoms with Crippen LogP contribution in [0, 0.1) is 5.92 Å². The number of halogens is 1. The topological polar surface area (TPSA) is 151 Å². The van der Waals surface area contributed by atoms with E-state index >= 15 is 0 Å². The van der Waals surface area contributed by atoms with Crippen molar-refractivity contribution < 1.29 is 21.9 Å². The first-order valence-electron chi connectivity index (χ1n) is 11.5. The third-order valence-electron chi connectivity index (χ3n) is 6.37. The van der Waals surface area contributed by atoms with E-state index in [4.69, 9.17) is 16.7 Å². The van der Waals surface area contributed by atoms with Gasteiger partial charge in [-0.3, -0.25) is 0 Å². The second-order valence-corrected chi connectivity index (χ2v) is 12.6. The van der Waals surface area contributed by atoms with E-state index in [2.05, 4.69) is 15.4 Å². The summed E-state index contributed by atoms with van der Waals surface area (Å²) >= 11 is 5.94. The molecule has 1 heterocycles. The molecule has 0 bridgehead atoms. The van der Waals surface area contributed by atoms with E-state index < -0.39 is 37.2 Å². The standard InChI is InChI=1S/C13H18ClN3O4S2.C10H15NO/c14-9-6-10-12(7-11(9)22(15,18)19)23(20,21)17-13(16-10)5-8-3-1-2-4-8;1-8(11-2)10(12)9-6-4-3-5-7-9/h6-8,13,16-17H,1-5H2,(H2,15,18,19);3-8,10-12H,1-2H3/t;8-,10-/m.0/s1. The van der Waals surface area contributed by atoms with Crippen LogP contribution in [-0.2, 0) is 20.0 Å². The van der Waals surface area contributed by atoms with Gasteiger partial charge in [0.05, 0.1) is 23.0 Å². The summed E-state index contributed by atoms with van der Waals surface area (Å²) in [6, 6.07) is 12.1. The number of hydrogen-bond acceptors (Lipinski definition) is 7. The molecule has 2 aliphatic rings. The van der Waals surface area contributed by atoms with Gasteiger partial charge in [-0.15, -0.1) is 0 Å². The van der Waals surface area contributed by atoms with Gasteiger partial charge in [0.1, 0.15) is 9.79 Å². The van der Waals surface area contributed by atoms with Gasteiger partial charge in [-0.25, -0.2) is 22.0 Å². The number of anilines is 1. The Hall–Kier alpha value is -1.73. The third-order valence-corrected chi connectivity index (χ3v) is 9.26. The summed E-state index contributed by atoms with van der Waals surface area (Å²) < 4.78 is 50.4. The number of fused-ring (bicyclic) bond motifs is 1. The number of primary sulfonamides is 1. The smallest absolute Gasteiger partial charge is 0.244 e. The summed E-state index contributed by atoms with van der Waals surface area (Å²) in [6.07, 6.45) is 4.38. The lowest BCUT2D eigenvalue weighted by Crippen LogP contribution is -2.45. The fourth-order valence-corrected chi connectivity index (χ4v) is 6.85. The Morgan fingerprint density at radius 3 is 2.40 bits per heavy atom. The van der Waals surface area contributed by atoms with Crippen molar-refractivity contribution in [2.24, 2.45) is 11.1 Å². The highest BCUT2D eigenvalue weighted by Gasteiger charge is 2.33. The van der Waals surface area contributed by atoms with Crippen molar-refractivity contribution in [1.82, 2.24) is 10.0 Å². The number of aliphatic hydroxyl groups excluding tert-OH is 1. The summed E-state index contributed by atoms with van der Waals surface area (Å²) in [4.78, 5) is -0.562. The number of likely N-dealkylation sites (N-methyl/N-ethyl adjacent to an activating group) is 1. The van der Waals surface area contributed by atoms with Crippen LogP contribution < -0.4 is 20.5 Å². The summed E-state index contributed by atoms with van der Waals surface area (Å²) in [5, 5.41) is 20.8. The second-order valence-electron chi connectivity index (χ2n) is 8.96. The molecule has 0 saturated heterocycles. The Balaban J connectivity index is 0.000000241. The zero-order chi connectivity index (χ0) is 25.8. The van der Waals surface area contributed by atoms with Crippen molar-refractivity contribution in [2.75, 3.05) is 12.4 Å². The van der Waals surface area contributed by atoms with Crippen LogP contribution in [-0.4, -0.2) is 41.2 Å². The predicted octanol–water partition coefficient (Wildman–Crippen LogP) is 2.93. The number of nitrogens with one attached hydrogen (secondary N) is 3. The molecule has 1 aliphatic heterocycles. The molecular formula is C23H33ClN4O5S2. The number of sulfonamides is 2. The first kappa shape index (κ1) is 27.9. The van der Waals surface area contributed by atoms with Crippen molar-refractivity contribution in [3.63, 3.8) is 0 Å². The van der Waals surface area contributed by atoms with Gasteiger partial charge in [0.2, 0.25) is 20.0 Å². The summed E-state index contributed by atoms with van der Waals surface area (Å²) in [5.41, 5.74) is 1.25. The van der Waals surface area contributed by atoms with Crippen molar-refractivity contribution in [2.45, 2.75) is 67.1 Å². The minimum Gasteiger partial charge on any atom is -0.387 e. The Morgan fingerprint density at radius 1 is 1.20 bits per heavy atom. The highest BCUT2D eigenvalue weighted by atomic mass is 35.5. The Labute approximate surface area is 212 Å². The molecule has 9 nitrogen and oxygen atoms in total. The lowest BCUT2D eigenvalue weighted by molar-refractivity contribution is 0.140. The number of nitrogens with two attached hydrogens (primary N) is 1. The molecule has 35 heavy (non-hydrogen) atoms. The molecule has 0 amide bonds. The fourth-order valence-electron chi connectivity index (χ4n) is 4.34. The van der Waals surface area contributed by atoms with Gasteiger partial charge < -0.3 is 15.7 Å². The number of benzene rings is 2. The quantitative estimate of drug-likeness (QED) is 0.375. The average Bonchev–Trinajstić information content (AvgIpc) is 3.30. The molecular weight excluding hydrogens is 512 g/mol. The number of aliphatic hydroxyl groups is 1. The van der Waals surface area contributed by atoms with Gasteiger partial charge in [0.25, 0.3) is 0 Å². The molecule has 0 aromatic heterocycles. The normalized spacial score (nSPS) is 21.2.